The second-order valence-corrected chi connectivity index (χ2v) is 16.0. The van der Waals surface area contributed by atoms with Crippen LogP contribution in [0.1, 0.15) is 118 Å². The number of allylic oxidation sites excluding steroid dienone is 1. The largest absolute Gasteiger partial charge is 0.508 e. The van der Waals surface area contributed by atoms with Crippen molar-refractivity contribution >= 4 is 12.1 Å². The summed E-state index contributed by atoms with van der Waals surface area (Å²) in [6, 6.07) is 0. The van der Waals surface area contributed by atoms with Gasteiger partial charge in [-0.05, 0) is 124 Å². The molecule has 0 radical (unpaired) electrons. The highest BCUT2D eigenvalue weighted by molar-refractivity contribution is 5.74. The summed E-state index contributed by atoms with van der Waals surface area (Å²) in [5.74, 6) is 4.98. The zero-order valence-electron chi connectivity index (χ0n) is 29.4. The van der Waals surface area contributed by atoms with E-state index >= 15 is 0 Å². The number of carbonyl (C=O) groups excluding carboxylic acids is 1. The number of guanidine groups is 1. The van der Waals surface area contributed by atoms with E-state index in [4.69, 9.17) is 26.4 Å². The minimum Gasteiger partial charge on any atom is -0.433 e. The van der Waals surface area contributed by atoms with Crippen LogP contribution in [-0.4, -0.2) is 62.4 Å². The van der Waals surface area contributed by atoms with E-state index in [0.717, 1.165) is 80.7 Å². The molecule has 8 heteroatoms. The molecular formula is C37H67N5O3. The normalized spacial score (nSPS) is 33.2. The van der Waals surface area contributed by atoms with Crippen molar-refractivity contribution in [3.05, 3.63) is 11.6 Å². The van der Waals surface area contributed by atoms with Gasteiger partial charge in [-0.15, -0.1) is 0 Å². The summed E-state index contributed by atoms with van der Waals surface area (Å²) in [5.41, 5.74) is 13.4. The van der Waals surface area contributed by atoms with Crippen LogP contribution < -0.4 is 16.8 Å². The Bertz CT molecular complexity index is 1000. The van der Waals surface area contributed by atoms with E-state index in [-0.39, 0.29) is 17.5 Å². The maximum atomic E-state index is 12.7. The Hall–Kier alpha value is -1.80. The van der Waals surface area contributed by atoms with Crippen molar-refractivity contribution in [2.75, 3.05) is 39.3 Å². The smallest absolute Gasteiger partial charge is 0.433 e. The number of carbonyl (C=O) groups is 1. The van der Waals surface area contributed by atoms with Crippen LogP contribution in [0.4, 0.5) is 4.79 Å². The summed E-state index contributed by atoms with van der Waals surface area (Å²) in [7, 11) is 0. The van der Waals surface area contributed by atoms with Gasteiger partial charge in [0.2, 0.25) is 0 Å². The van der Waals surface area contributed by atoms with Crippen LogP contribution in [0.2, 0.25) is 0 Å². The molecule has 45 heavy (non-hydrogen) atoms. The Kier molecular flexibility index (Phi) is 13.1. The molecule has 4 aliphatic carbocycles. The van der Waals surface area contributed by atoms with E-state index in [1.165, 1.54) is 51.4 Å². The van der Waals surface area contributed by atoms with Gasteiger partial charge in [-0.2, -0.15) is 0 Å². The third-order valence-electron chi connectivity index (χ3n) is 12.8. The molecule has 0 heterocycles. The number of nitrogens with two attached hydrogens (primary N) is 2. The van der Waals surface area contributed by atoms with Crippen LogP contribution in [-0.2, 0) is 9.47 Å². The van der Waals surface area contributed by atoms with Gasteiger partial charge in [0.1, 0.15) is 12.7 Å². The predicted molar refractivity (Wildman–Crippen MR) is 184 cm³/mol. The first kappa shape index (κ1) is 36.0. The van der Waals surface area contributed by atoms with Crippen LogP contribution >= 0.6 is 0 Å². The van der Waals surface area contributed by atoms with Crippen molar-refractivity contribution in [3.63, 3.8) is 0 Å². The molecule has 0 saturated heterocycles. The summed E-state index contributed by atoms with van der Waals surface area (Å²) in [4.78, 5) is 14.9. The van der Waals surface area contributed by atoms with E-state index < -0.39 is 6.16 Å². The molecule has 0 bridgehead atoms. The first-order valence-corrected chi connectivity index (χ1v) is 18.5. The molecule has 3 fully saturated rings. The Morgan fingerprint density at radius 2 is 1.82 bits per heavy atom. The van der Waals surface area contributed by atoms with Gasteiger partial charge in [0.15, 0.2) is 5.96 Å². The molecule has 0 aromatic rings. The summed E-state index contributed by atoms with van der Waals surface area (Å²) >= 11 is 0. The lowest BCUT2D eigenvalue weighted by molar-refractivity contribution is -0.0619. The topological polar surface area (TPSA) is 127 Å². The fraction of sp³-hybridized carbons (Fsp3) is 0.892. The molecule has 0 unspecified atom stereocenters. The molecule has 8 nitrogen and oxygen atoms in total. The number of rotatable bonds is 16. The van der Waals surface area contributed by atoms with Gasteiger partial charge < -0.3 is 26.3 Å². The zero-order valence-corrected chi connectivity index (χ0v) is 29.4. The van der Waals surface area contributed by atoms with Crippen molar-refractivity contribution in [1.82, 2.24) is 10.2 Å². The van der Waals surface area contributed by atoms with E-state index in [9.17, 15) is 4.79 Å². The van der Waals surface area contributed by atoms with Crippen molar-refractivity contribution in [2.45, 2.75) is 124 Å². The molecule has 0 amide bonds. The molecule has 6 N–H and O–H groups in total. The molecule has 4 aliphatic rings. The van der Waals surface area contributed by atoms with Gasteiger partial charge in [-0.1, -0.05) is 65.5 Å². The minimum atomic E-state index is -0.539. The number of hydrogen-bond donors (Lipinski definition) is 4. The molecular weight excluding hydrogens is 562 g/mol. The van der Waals surface area contributed by atoms with E-state index in [1.807, 2.05) is 0 Å². The van der Waals surface area contributed by atoms with Crippen molar-refractivity contribution < 1.29 is 14.3 Å². The highest BCUT2D eigenvalue weighted by Gasteiger charge is 2.59. The predicted octanol–water partition coefficient (Wildman–Crippen LogP) is 7.07. The SMILES string of the molecule is CC(C)CCC[C@@H](C)[C@H]1CC[C@H]2[C@@H]3CC=C4C[C@@H](OC(=O)OCCN(CCCN)CCCNC(=N)N)CC[C@]4(C)[C@H]3CC[C@]12C. The Labute approximate surface area is 274 Å². The van der Waals surface area contributed by atoms with Crippen LogP contribution in [0.5, 0.6) is 0 Å². The van der Waals surface area contributed by atoms with E-state index in [0.29, 0.717) is 31.7 Å². The Balaban J connectivity index is 1.26. The number of ether oxygens (including phenoxy) is 2. The van der Waals surface area contributed by atoms with Gasteiger partial charge in [0, 0.05) is 19.5 Å². The van der Waals surface area contributed by atoms with Gasteiger partial charge in [0.05, 0.1) is 0 Å². The first-order valence-electron chi connectivity index (χ1n) is 18.5. The van der Waals surface area contributed by atoms with Crippen molar-refractivity contribution in [1.29, 1.82) is 5.41 Å². The third kappa shape index (κ3) is 8.97. The second-order valence-electron chi connectivity index (χ2n) is 16.0. The fourth-order valence-corrected chi connectivity index (χ4v) is 10.4. The van der Waals surface area contributed by atoms with Crippen LogP contribution in [0.15, 0.2) is 11.6 Å². The van der Waals surface area contributed by atoms with Crippen molar-refractivity contribution in [2.24, 2.45) is 57.8 Å². The molecule has 258 valence electrons. The zero-order chi connectivity index (χ0) is 32.6. The molecule has 8 atom stereocenters. The molecule has 0 aromatic carbocycles. The second kappa shape index (κ2) is 16.3. The first-order chi connectivity index (χ1) is 21.5. The van der Waals surface area contributed by atoms with Gasteiger partial charge in [-0.25, -0.2) is 4.79 Å². The highest BCUT2D eigenvalue weighted by atomic mass is 16.7. The van der Waals surface area contributed by atoms with Crippen LogP contribution in [0, 0.1) is 51.7 Å². The molecule has 0 aliphatic heterocycles. The molecule has 0 spiro atoms. The molecule has 4 rings (SSSR count). The Morgan fingerprint density at radius 1 is 1.04 bits per heavy atom. The summed E-state index contributed by atoms with van der Waals surface area (Å²) in [6.07, 6.45) is 17.6. The molecule has 0 aromatic heterocycles. The summed E-state index contributed by atoms with van der Waals surface area (Å²) < 4.78 is 11.4. The quantitative estimate of drug-likeness (QED) is 0.0473. The van der Waals surface area contributed by atoms with Crippen LogP contribution in [0.25, 0.3) is 0 Å². The number of nitrogens with zero attached hydrogens (tertiary/aromatic N) is 1. The maximum absolute atomic E-state index is 12.7. The number of nitrogens with one attached hydrogen (secondary N) is 2. The maximum Gasteiger partial charge on any atom is 0.508 e. The number of fused-ring (bicyclic) bond motifs is 5. The summed E-state index contributed by atoms with van der Waals surface area (Å²) in [5, 5.41) is 10.1. The average Bonchev–Trinajstić information content (AvgIpc) is 3.35. The summed E-state index contributed by atoms with van der Waals surface area (Å²) in [6.45, 7) is 16.4. The van der Waals surface area contributed by atoms with Crippen LogP contribution in [0.3, 0.4) is 0 Å². The lowest BCUT2D eigenvalue weighted by Crippen LogP contribution is -2.51. The van der Waals surface area contributed by atoms with Gasteiger partial charge in [-0.3, -0.25) is 10.3 Å². The lowest BCUT2D eigenvalue weighted by Gasteiger charge is -2.58. The van der Waals surface area contributed by atoms with Gasteiger partial charge in [0.25, 0.3) is 0 Å². The number of hydrogen-bond acceptors (Lipinski definition) is 6. The lowest BCUT2D eigenvalue weighted by atomic mass is 9.47. The van der Waals surface area contributed by atoms with E-state index in [1.54, 1.807) is 5.57 Å². The van der Waals surface area contributed by atoms with Gasteiger partial charge >= 0.3 is 6.16 Å². The monoisotopic (exact) mass is 630 g/mol. The third-order valence-corrected chi connectivity index (χ3v) is 12.8. The van der Waals surface area contributed by atoms with Crippen molar-refractivity contribution in [3.8, 4) is 0 Å². The molecule has 3 saturated carbocycles. The Morgan fingerprint density at radius 3 is 2.56 bits per heavy atom. The standard InChI is InChI=1S/C37H67N5O3/c1-26(2)9-6-10-27(3)31-13-14-32-30-12-11-28-25-29(15-17-36(28,4)33(30)16-18-37(31,32)5)45-35(43)44-24-23-42(21-7-19-38)22-8-20-41-34(39)40/h11,26-27,29-33H,6-10,12-25,38H2,1-5H3,(H4,39,40,41)/t27-,29+,30+,31-,32+,33+,36+,37-/m1/s1. The van der Waals surface area contributed by atoms with E-state index in [2.05, 4.69) is 50.9 Å². The minimum absolute atomic E-state index is 0.0111. The highest BCUT2D eigenvalue weighted by Crippen LogP contribution is 2.67. The fourth-order valence-electron chi connectivity index (χ4n) is 10.4. The average molecular weight is 630 g/mol.